The van der Waals surface area contributed by atoms with Crippen molar-refractivity contribution in [3.05, 3.63) is 102 Å². The lowest BCUT2D eigenvalue weighted by atomic mass is 9.90. The highest BCUT2D eigenvalue weighted by Gasteiger charge is 2.31. The summed E-state index contributed by atoms with van der Waals surface area (Å²) in [6, 6.07) is 9.36. The van der Waals surface area contributed by atoms with Crippen LogP contribution in [0, 0.1) is 0 Å². The van der Waals surface area contributed by atoms with Crippen molar-refractivity contribution in [3.8, 4) is 0 Å². The van der Waals surface area contributed by atoms with E-state index in [1.165, 1.54) is 17.7 Å². The quantitative estimate of drug-likeness (QED) is 0.115. The monoisotopic (exact) mass is 614 g/mol. The van der Waals surface area contributed by atoms with E-state index in [2.05, 4.69) is 54.9 Å². The zero-order valence-corrected chi connectivity index (χ0v) is 26.7. The Balaban J connectivity index is 0.00000159. The summed E-state index contributed by atoms with van der Waals surface area (Å²) in [7, 11) is 6.13. The number of benzene rings is 1. The second-order valence-corrected chi connectivity index (χ2v) is 11.0. The third-order valence-corrected chi connectivity index (χ3v) is 7.42. The number of fused-ring (bicyclic) bond motifs is 1. The van der Waals surface area contributed by atoms with Gasteiger partial charge in [-0.1, -0.05) is 50.4 Å². The molecule has 0 aliphatic heterocycles. The predicted octanol–water partition coefficient (Wildman–Crippen LogP) is 6.02. The first-order valence-electron chi connectivity index (χ1n) is 15.0. The maximum atomic E-state index is 13.1. The van der Waals surface area contributed by atoms with Crippen LogP contribution in [0.3, 0.4) is 0 Å². The minimum atomic E-state index is -4.37. The van der Waals surface area contributed by atoms with Crippen LogP contribution < -0.4 is 0 Å². The Labute approximate surface area is 261 Å². The Morgan fingerprint density at radius 3 is 2.36 bits per heavy atom. The first kappa shape index (κ1) is 36.9. The van der Waals surface area contributed by atoms with E-state index in [9.17, 15) is 18.3 Å². The highest BCUT2D eigenvalue weighted by atomic mass is 19.4. The number of nitrogens with zero attached hydrogens (tertiary/aromatic N) is 6. The number of hydrogen-bond donors (Lipinski definition) is 1. The molecule has 1 N–H and O–H groups in total. The Morgan fingerprint density at radius 2 is 1.75 bits per heavy atom. The number of aryl methyl sites for hydroxylation is 1. The molecule has 10 heteroatoms. The van der Waals surface area contributed by atoms with E-state index in [-0.39, 0.29) is 12.6 Å². The number of alkyl halides is 3. The van der Waals surface area contributed by atoms with Gasteiger partial charge in [-0.25, -0.2) is 4.99 Å². The number of rotatable bonds is 15. The van der Waals surface area contributed by atoms with Gasteiger partial charge < -0.3 is 14.9 Å². The van der Waals surface area contributed by atoms with Gasteiger partial charge in [0.25, 0.3) is 0 Å². The standard InChI is InChI=1S/C30H43F3N6O.C4H6/c1-5-36(2)17-18-37(3)23-38(4)22-35-27(15-19-40)21-39(20-24-11-13-26(14-12-24)30(31,32)33)28-10-6-8-25-9-7-16-34-29(25)28;1-3-4-2/h7,9,11-16,22,28,40H,5-6,8,10,17-21,23H2,1-4H3;3-4H,1-2H2/b27-15+,35-22?;/t28-;/m0./s1. The fourth-order valence-electron chi connectivity index (χ4n) is 4.88. The molecule has 7 nitrogen and oxygen atoms in total. The van der Waals surface area contributed by atoms with Crippen molar-refractivity contribution in [2.75, 3.05) is 60.6 Å². The van der Waals surface area contributed by atoms with E-state index in [0.29, 0.717) is 25.5 Å². The Morgan fingerprint density at radius 1 is 1.07 bits per heavy atom. The Bertz CT molecular complexity index is 1190. The van der Waals surface area contributed by atoms with E-state index in [0.717, 1.165) is 62.3 Å². The molecular weight excluding hydrogens is 565 g/mol. The molecule has 3 rings (SSSR count). The Kier molecular flexibility index (Phi) is 16.1. The molecule has 0 radical (unpaired) electrons. The fraction of sp³-hybridized carbons (Fsp3) is 0.471. The molecule has 0 amide bonds. The van der Waals surface area contributed by atoms with Gasteiger partial charge in [0.15, 0.2) is 0 Å². The molecule has 1 aliphatic carbocycles. The maximum Gasteiger partial charge on any atom is 0.416 e. The van der Waals surface area contributed by atoms with Gasteiger partial charge in [0, 0.05) is 39.4 Å². The first-order chi connectivity index (χ1) is 21.0. The summed E-state index contributed by atoms with van der Waals surface area (Å²) in [5.74, 6) is 0. The molecule has 0 saturated heterocycles. The van der Waals surface area contributed by atoms with Crippen molar-refractivity contribution in [2.45, 2.75) is 44.9 Å². The lowest BCUT2D eigenvalue weighted by Gasteiger charge is -2.35. The van der Waals surface area contributed by atoms with Gasteiger partial charge in [0.2, 0.25) is 0 Å². The largest absolute Gasteiger partial charge is 0.416 e. The molecule has 0 spiro atoms. The SMILES string of the molecule is C=CC=C.CCN(C)CCN(C)CN(C)C=N/C(=C/CO)CN(Cc1ccc(C(F)(F)F)cc1)[C@H]1CCCc2cccnc21. The molecule has 1 aromatic heterocycles. The number of aliphatic hydroxyl groups is 1. The van der Waals surface area contributed by atoms with Crippen LogP contribution in [0.5, 0.6) is 0 Å². The number of halogens is 3. The molecule has 2 aromatic rings. The predicted molar refractivity (Wildman–Crippen MR) is 174 cm³/mol. The number of likely N-dealkylation sites (N-methyl/N-ethyl adjacent to an activating group) is 2. The van der Waals surface area contributed by atoms with E-state index >= 15 is 0 Å². The summed E-state index contributed by atoms with van der Waals surface area (Å²) in [4.78, 5) is 18.1. The molecule has 242 valence electrons. The van der Waals surface area contributed by atoms with Crippen molar-refractivity contribution in [1.82, 2.24) is 24.6 Å². The lowest BCUT2D eigenvalue weighted by molar-refractivity contribution is -0.137. The number of pyridine rings is 1. The summed E-state index contributed by atoms with van der Waals surface area (Å²) in [6.07, 6.45) is 6.99. The Hall–Kier alpha value is -3.31. The van der Waals surface area contributed by atoms with Gasteiger partial charge in [-0.3, -0.25) is 14.8 Å². The summed E-state index contributed by atoms with van der Waals surface area (Å²) in [5.41, 5.74) is 3.01. The van der Waals surface area contributed by atoms with Crippen LogP contribution in [0.15, 0.2) is 84.7 Å². The summed E-state index contributed by atoms with van der Waals surface area (Å²) in [5, 5.41) is 9.76. The van der Waals surface area contributed by atoms with E-state index in [1.807, 2.05) is 18.0 Å². The van der Waals surface area contributed by atoms with Gasteiger partial charge in [-0.2, -0.15) is 13.2 Å². The molecule has 1 heterocycles. The second kappa shape index (κ2) is 19.2. The molecule has 1 aliphatic rings. The summed E-state index contributed by atoms with van der Waals surface area (Å²) in [6.45, 7) is 13.2. The van der Waals surface area contributed by atoms with Gasteiger partial charge in [-0.15, -0.1) is 0 Å². The molecule has 1 atom stereocenters. The molecular formula is C34H49F3N6O. The molecule has 44 heavy (non-hydrogen) atoms. The van der Waals surface area contributed by atoms with E-state index < -0.39 is 11.7 Å². The number of aromatic nitrogens is 1. The van der Waals surface area contributed by atoms with Crippen LogP contribution in [0.4, 0.5) is 13.2 Å². The minimum absolute atomic E-state index is 0.0102. The van der Waals surface area contributed by atoms with Crippen molar-refractivity contribution >= 4 is 6.34 Å². The summed E-state index contributed by atoms with van der Waals surface area (Å²) < 4.78 is 39.4. The summed E-state index contributed by atoms with van der Waals surface area (Å²) >= 11 is 0. The van der Waals surface area contributed by atoms with Gasteiger partial charge in [-0.05, 0) is 75.3 Å². The van der Waals surface area contributed by atoms with Gasteiger partial charge in [0.05, 0.1) is 42.6 Å². The van der Waals surface area contributed by atoms with Crippen LogP contribution in [-0.4, -0.2) is 96.6 Å². The fourth-order valence-corrected chi connectivity index (χ4v) is 4.88. The number of allylic oxidation sites excluding steroid dienone is 2. The number of aliphatic hydroxyl groups excluding tert-OH is 1. The van der Waals surface area contributed by atoms with E-state index in [1.54, 1.807) is 30.8 Å². The topological polar surface area (TPSA) is 58.4 Å². The average Bonchev–Trinajstić information content (AvgIpc) is 3.01. The zero-order valence-electron chi connectivity index (χ0n) is 26.7. The van der Waals surface area contributed by atoms with Crippen LogP contribution in [0.1, 0.15) is 48.2 Å². The highest BCUT2D eigenvalue weighted by molar-refractivity contribution is 5.56. The third kappa shape index (κ3) is 12.7. The normalized spacial score (nSPS) is 15.3. The van der Waals surface area contributed by atoms with Crippen molar-refractivity contribution in [1.29, 1.82) is 0 Å². The van der Waals surface area contributed by atoms with Crippen LogP contribution in [-0.2, 0) is 19.1 Å². The molecule has 0 fully saturated rings. The zero-order chi connectivity index (χ0) is 32.5. The molecule has 0 unspecified atom stereocenters. The third-order valence-electron chi connectivity index (χ3n) is 7.42. The smallest absolute Gasteiger partial charge is 0.392 e. The molecule has 1 aromatic carbocycles. The maximum absolute atomic E-state index is 13.1. The van der Waals surface area contributed by atoms with Crippen LogP contribution in [0.25, 0.3) is 0 Å². The number of hydrogen-bond acceptors (Lipinski definition) is 6. The van der Waals surface area contributed by atoms with Gasteiger partial charge >= 0.3 is 6.18 Å². The van der Waals surface area contributed by atoms with E-state index in [4.69, 9.17) is 9.98 Å². The second-order valence-electron chi connectivity index (χ2n) is 11.0. The molecule has 0 bridgehead atoms. The van der Waals surface area contributed by atoms with Crippen LogP contribution in [0.2, 0.25) is 0 Å². The van der Waals surface area contributed by atoms with Crippen molar-refractivity contribution in [2.24, 2.45) is 4.99 Å². The minimum Gasteiger partial charge on any atom is -0.392 e. The highest BCUT2D eigenvalue weighted by Crippen LogP contribution is 2.35. The average molecular weight is 615 g/mol. The molecule has 0 saturated carbocycles. The number of aliphatic imine (C=N–C) groups is 1. The van der Waals surface area contributed by atoms with Crippen molar-refractivity contribution < 1.29 is 18.3 Å². The lowest BCUT2D eigenvalue weighted by Crippen LogP contribution is -2.37. The van der Waals surface area contributed by atoms with Gasteiger partial charge in [0.1, 0.15) is 0 Å². The van der Waals surface area contributed by atoms with Crippen molar-refractivity contribution in [3.63, 3.8) is 0 Å². The first-order valence-corrected chi connectivity index (χ1v) is 15.0. The van der Waals surface area contributed by atoms with Crippen LogP contribution >= 0.6 is 0 Å².